The van der Waals surface area contributed by atoms with Gasteiger partial charge < -0.3 is 0 Å². The molecular formula is C10H7BClN. The van der Waals surface area contributed by atoms with Crippen molar-refractivity contribution in [2.75, 3.05) is 0 Å². The molecule has 2 radical (unpaired) electrons. The van der Waals surface area contributed by atoms with Crippen LogP contribution in [-0.4, -0.2) is 12.8 Å². The molecule has 62 valence electrons. The Hall–Kier alpha value is -1.02. The van der Waals surface area contributed by atoms with Crippen LogP contribution in [-0.2, 0) is 0 Å². The molecule has 1 heterocycles. The molecule has 13 heavy (non-hydrogen) atoms. The molecule has 0 aliphatic carbocycles. The van der Waals surface area contributed by atoms with E-state index in [2.05, 4.69) is 4.98 Å². The third kappa shape index (κ3) is 1.42. The Morgan fingerprint density at radius 1 is 1.38 bits per heavy atom. The summed E-state index contributed by atoms with van der Waals surface area (Å²) in [7, 11) is 5.66. The molecule has 0 saturated heterocycles. The summed E-state index contributed by atoms with van der Waals surface area (Å²) in [6.45, 7) is 1.93. The smallest absolute Gasteiger partial charge is 0.113 e. The summed E-state index contributed by atoms with van der Waals surface area (Å²) < 4.78 is 0. The fourth-order valence-corrected chi connectivity index (χ4v) is 1.48. The van der Waals surface area contributed by atoms with E-state index in [9.17, 15) is 0 Å². The number of pyridine rings is 1. The number of aryl methyl sites for hydroxylation is 1. The first-order chi connectivity index (χ1) is 6.18. The summed E-state index contributed by atoms with van der Waals surface area (Å²) in [4.78, 5) is 4.24. The SMILES string of the molecule is [B]c1ccc2ncc(C)c(Cl)c2c1. The lowest BCUT2D eigenvalue weighted by molar-refractivity contribution is 1.34. The van der Waals surface area contributed by atoms with Crippen LogP contribution in [0.5, 0.6) is 0 Å². The zero-order valence-corrected chi connectivity index (χ0v) is 7.97. The molecule has 3 heteroatoms. The van der Waals surface area contributed by atoms with Crippen molar-refractivity contribution in [2.45, 2.75) is 6.92 Å². The van der Waals surface area contributed by atoms with Gasteiger partial charge in [-0.15, -0.1) is 0 Å². The first-order valence-corrected chi connectivity index (χ1v) is 4.36. The van der Waals surface area contributed by atoms with Crippen LogP contribution in [0.2, 0.25) is 5.02 Å². The first-order valence-electron chi connectivity index (χ1n) is 3.99. The molecule has 2 rings (SSSR count). The van der Waals surface area contributed by atoms with Gasteiger partial charge in [0, 0.05) is 11.6 Å². The molecule has 0 spiro atoms. The van der Waals surface area contributed by atoms with E-state index in [-0.39, 0.29) is 0 Å². The molecule has 0 N–H and O–H groups in total. The number of benzene rings is 1. The van der Waals surface area contributed by atoms with E-state index in [0.29, 0.717) is 5.46 Å². The Labute approximate surface area is 83.2 Å². The van der Waals surface area contributed by atoms with Gasteiger partial charge in [0.1, 0.15) is 7.85 Å². The predicted molar refractivity (Wildman–Crippen MR) is 56.9 cm³/mol. The third-order valence-corrected chi connectivity index (χ3v) is 2.50. The zero-order valence-electron chi connectivity index (χ0n) is 7.21. The van der Waals surface area contributed by atoms with Gasteiger partial charge >= 0.3 is 0 Å². The van der Waals surface area contributed by atoms with E-state index < -0.39 is 0 Å². The van der Waals surface area contributed by atoms with Gasteiger partial charge in [-0.2, -0.15) is 0 Å². The maximum absolute atomic E-state index is 6.10. The van der Waals surface area contributed by atoms with Crippen LogP contribution in [0.3, 0.4) is 0 Å². The lowest BCUT2D eigenvalue weighted by Gasteiger charge is -2.03. The van der Waals surface area contributed by atoms with Crippen molar-refractivity contribution in [3.8, 4) is 0 Å². The molecule has 0 saturated carbocycles. The van der Waals surface area contributed by atoms with E-state index in [4.69, 9.17) is 19.4 Å². The molecule has 1 aromatic carbocycles. The van der Waals surface area contributed by atoms with Gasteiger partial charge in [0.15, 0.2) is 0 Å². The van der Waals surface area contributed by atoms with Crippen molar-refractivity contribution in [2.24, 2.45) is 0 Å². The summed E-state index contributed by atoms with van der Waals surface area (Å²) in [6, 6.07) is 5.54. The minimum atomic E-state index is 0.710. The van der Waals surface area contributed by atoms with Crippen molar-refractivity contribution >= 4 is 35.8 Å². The highest BCUT2D eigenvalue weighted by Gasteiger charge is 2.02. The van der Waals surface area contributed by atoms with Crippen LogP contribution >= 0.6 is 11.6 Å². The van der Waals surface area contributed by atoms with Crippen molar-refractivity contribution in [1.29, 1.82) is 0 Å². The number of fused-ring (bicyclic) bond motifs is 1. The summed E-state index contributed by atoms with van der Waals surface area (Å²) in [5.41, 5.74) is 2.56. The molecule has 0 unspecified atom stereocenters. The Balaban J connectivity index is 2.89. The second-order valence-electron chi connectivity index (χ2n) is 3.03. The average Bonchev–Trinajstić information content (AvgIpc) is 2.12. The second-order valence-corrected chi connectivity index (χ2v) is 3.41. The molecule has 2 aromatic rings. The number of halogens is 1. The highest BCUT2D eigenvalue weighted by molar-refractivity contribution is 6.38. The maximum Gasteiger partial charge on any atom is 0.113 e. The zero-order chi connectivity index (χ0) is 9.42. The van der Waals surface area contributed by atoms with Crippen LogP contribution in [0.25, 0.3) is 10.9 Å². The normalized spacial score (nSPS) is 10.6. The van der Waals surface area contributed by atoms with E-state index >= 15 is 0 Å². The Morgan fingerprint density at radius 3 is 2.92 bits per heavy atom. The van der Waals surface area contributed by atoms with Crippen LogP contribution in [0.4, 0.5) is 0 Å². The number of nitrogens with zero attached hydrogens (tertiary/aromatic N) is 1. The number of rotatable bonds is 0. The van der Waals surface area contributed by atoms with Crippen LogP contribution in [0, 0.1) is 6.92 Å². The highest BCUT2D eigenvalue weighted by atomic mass is 35.5. The fraction of sp³-hybridized carbons (Fsp3) is 0.100. The van der Waals surface area contributed by atoms with Crippen molar-refractivity contribution in [3.05, 3.63) is 35.0 Å². The van der Waals surface area contributed by atoms with E-state index in [0.717, 1.165) is 21.5 Å². The van der Waals surface area contributed by atoms with Gasteiger partial charge in [-0.1, -0.05) is 29.2 Å². The van der Waals surface area contributed by atoms with E-state index in [1.165, 1.54) is 0 Å². The topological polar surface area (TPSA) is 12.9 Å². The maximum atomic E-state index is 6.10. The molecule has 0 amide bonds. The third-order valence-electron chi connectivity index (χ3n) is 2.00. The molecule has 0 atom stereocenters. The number of hydrogen-bond acceptors (Lipinski definition) is 1. The van der Waals surface area contributed by atoms with Crippen LogP contribution in [0.15, 0.2) is 24.4 Å². The molecular weight excluding hydrogens is 180 g/mol. The molecule has 0 aliphatic rings. The minimum Gasteiger partial charge on any atom is -0.256 e. The van der Waals surface area contributed by atoms with Gasteiger partial charge in [0.25, 0.3) is 0 Å². The van der Waals surface area contributed by atoms with E-state index in [1.54, 1.807) is 6.20 Å². The Morgan fingerprint density at radius 2 is 2.15 bits per heavy atom. The lowest BCUT2D eigenvalue weighted by Crippen LogP contribution is -2.00. The number of hydrogen-bond donors (Lipinski definition) is 0. The molecule has 0 fully saturated rings. The number of aromatic nitrogens is 1. The first kappa shape index (κ1) is 8.58. The Kier molecular flexibility index (Phi) is 2.00. The van der Waals surface area contributed by atoms with E-state index in [1.807, 2.05) is 25.1 Å². The standard InChI is InChI=1S/C10H7BClN/c1-6-5-13-9-3-2-7(11)4-8(9)10(6)12/h2-5H,1H3. The average molecular weight is 187 g/mol. The monoisotopic (exact) mass is 187 g/mol. The van der Waals surface area contributed by atoms with Gasteiger partial charge in [0.2, 0.25) is 0 Å². The summed E-state index contributed by atoms with van der Waals surface area (Å²) in [6.07, 6.45) is 1.76. The summed E-state index contributed by atoms with van der Waals surface area (Å²) in [5, 5.41) is 1.65. The second kappa shape index (κ2) is 3.04. The molecule has 0 aliphatic heterocycles. The fourth-order valence-electron chi connectivity index (χ4n) is 1.28. The predicted octanol–water partition coefficient (Wildman–Crippen LogP) is 1.99. The minimum absolute atomic E-state index is 0.710. The van der Waals surface area contributed by atoms with Gasteiger partial charge in [-0.3, -0.25) is 4.98 Å². The largest absolute Gasteiger partial charge is 0.256 e. The van der Waals surface area contributed by atoms with Crippen molar-refractivity contribution in [1.82, 2.24) is 4.98 Å². The van der Waals surface area contributed by atoms with Crippen molar-refractivity contribution < 1.29 is 0 Å². The summed E-state index contributed by atoms with van der Waals surface area (Å²) in [5.74, 6) is 0. The van der Waals surface area contributed by atoms with Crippen molar-refractivity contribution in [3.63, 3.8) is 0 Å². The summed E-state index contributed by atoms with van der Waals surface area (Å²) >= 11 is 6.10. The molecule has 1 nitrogen and oxygen atoms in total. The van der Waals surface area contributed by atoms with Crippen LogP contribution in [0.1, 0.15) is 5.56 Å². The van der Waals surface area contributed by atoms with Crippen LogP contribution < -0.4 is 5.46 Å². The lowest BCUT2D eigenvalue weighted by atomic mass is 9.94. The molecule has 1 aromatic heterocycles. The van der Waals surface area contributed by atoms with Gasteiger partial charge in [-0.05, 0) is 18.6 Å². The van der Waals surface area contributed by atoms with Gasteiger partial charge in [0.05, 0.1) is 10.5 Å². The van der Waals surface area contributed by atoms with Gasteiger partial charge in [-0.25, -0.2) is 0 Å². The molecule has 0 bridgehead atoms. The highest BCUT2D eigenvalue weighted by Crippen LogP contribution is 2.23. The quantitative estimate of drug-likeness (QED) is 0.575. The Bertz CT molecular complexity index is 462.